The Morgan fingerprint density at radius 2 is 1.93 bits per heavy atom. The molecule has 1 heterocycles. The summed E-state index contributed by atoms with van der Waals surface area (Å²) in [5, 5.41) is 14.5. The quantitative estimate of drug-likeness (QED) is 0.508. The van der Waals surface area contributed by atoms with E-state index in [0.29, 0.717) is 42.2 Å². The fourth-order valence-electron chi connectivity index (χ4n) is 3.10. The fraction of sp³-hybridized carbons (Fsp3) is 0.421. The highest BCUT2D eigenvalue weighted by Crippen LogP contribution is 2.52. The van der Waals surface area contributed by atoms with Gasteiger partial charge in [-0.05, 0) is 43.5 Å². The molecule has 1 aromatic heterocycles. The maximum Gasteiger partial charge on any atom is 0.319 e. The summed E-state index contributed by atoms with van der Waals surface area (Å²) >= 11 is 0. The molecule has 0 bridgehead atoms. The minimum absolute atomic E-state index is 0.177. The van der Waals surface area contributed by atoms with E-state index in [9.17, 15) is 13.2 Å². The van der Waals surface area contributed by atoms with Gasteiger partial charge in [-0.1, -0.05) is 6.92 Å². The molecule has 1 aliphatic rings. The third-order valence-corrected chi connectivity index (χ3v) is 7.34. The zero-order chi connectivity index (χ0) is 21.1. The van der Waals surface area contributed by atoms with Crippen LogP contribution in [0.25, 0.3) is 11.4 Å². The lowest BCUT2D eigenvalue weighted by Gasteiger charge is -2.16. The van der Waals surface area contributed by atoms with Gasteiger partial charge in [0.2, 0.25) is 0 Å². The van der Waals surface area contributed by atoms with E-state index in [1.54, 1.807) is 24.3 Å². The van der Waals surface area contributed by atoms with Crippen molar-refractivity contribution in [1.82, 2.24) is 15.3 Å². The summed E-state index contributed by atoms with van der Waals surface area (Å²) < 4.78 is 24.1. The van der Waals surface area contributed by atoms with Crippen LogP contribution in [0.2, 0.25) is 0 Å². The first-order chi connectivity index (χ1) is 13.8. The molecule has 0 radical (unpaired) electrons. The van der Waals surface area contributed by atoms with Crippen molar-refractivity contribution >= 4 is 27.4 Å². The van der Waals surface area contributed by atoms with Crippen molar-refractivity contribution in [2.24, 2.45) is 0 Å². The predicted octanol–water partition coefficient (Wildman–Crippen LogP) is 1.65. The van der Waals surface area contributed by atoms with Crippen molar-refractivity contribution in [3.8, 4) is 11.4 Å². The molecule has 1 saturated carbocycles. The topological polar surface area (TPSA) is 147 Å². The van der Waals surface area contributed by atoms with Gasteiger partial charge < -0.3 is 21.5 Å². The largest absolute Gasteiger partial charge is 0.395 e. The number of aromatic nitrogens is 2. The smallest absolute Gasteiger partial charge is 0.319 e. The molecule has 9 nitrogen and oxygen atoms in total. The SMILES string of the molecule is CCCNC(=O)Nc1ccc(-c2nc(N)cc(C3(S(=O)(=O)CCO)CC3)n2)cc1. The molecule has 0 spiro atoms. The maximum absolute atomic E-state index is 12.6. The van der Waals surface area contributed by atoms with Crippen molar-refractivity contribution in [3.05, 3.63) is 36.0 Å². The number of sulfone groups is 1. The Morgan fingerprint density at radius 3 is 2.52 bits per heavy atom. The number of anilines is 2. The number of carbonyl (C=O) groups is 1. The van der Waals surface area contributed by atoms with E-state index >= 15 is 0 Å². The van der Waals surface area contributed by atoms with Crippen LogP contribution in [0.15, 0.2) is 30.3 Å². The summed E-state index contributed by atoms with van der Waals surface area (Å²) in [4.78, 5) is 20.4. The highest BCUT2D eigenvalue weighted by atomic mass is 32.2. The zero-order valence-electron chi connectivity index (χ0n) is 16.2. The van der Waals surface area contributed by atoms with Crippen molar-refractivity contribution < 1.29 is 18.3 Å². The number of carbonyl (C=O) groups excluding carboxylic acids is 1. The van der Waals surface area contributed by atoms with Crippen LogP contribution in [0.3, 0.4) is 0 Å². The molecule has 2 aromatic rings. The lowest BCUT2D eigenvalue weighted by Crippen LogP contribution is -2.29. The van der Waals surface area contributed by atoms with E-state index in [1.807, 2.05) is 6.92 Å². The molecule has 0 aliphatic heterocycles. The van der Waals surface area contributed by atoms with Crippen molar-refractivity contribution in [3.63, 3.8) is 0 Å². The number of nitrogens with zero attached hydrogens (tertiary/aromatic N) is 2. The van der Waals surface area contributed by atoms with Gasteiger partial charge >= 0.3 is 6.03 Å². The van der Waals surface area contributed by atoms with Crippen molar-refractivity contribution in [2.45, 2.75) is 30.9 Å². The Hall–Kier alpha value is -2.72. The van der Waals surface area contributed by atoms with E-state index < -0.39 is 21.2 Å². The van der Waals surface area contributed by atoms with Gasteiger partial charge in [-0.25, -0.2) is 23.2 Å². The highest BCUT2D eigenvalue weighted by molar-refractivity contribution is 7.92. The monoisotopic (exact) mass is 419 g/mol. The first-order valence-electron chi connectivity index (χ1n) is 9.45. The summed E-state index contributed by atoms with van der Waals surface area (Å²) in [5.74, 6) is 0.177. The summed E-state index contributed by atoms with van der Waals surface area (Å²) in [6.45, 7) is 2.12. The molecule has 1 aliphatic carbocycles. The Labute approximate surface area is 169 Å². The fourth-order valence-corrected chi connectivity index (χ4v) is 4.88. The standard InChI is InChI=1S/C19H25N5O4S/c1-2-9-21-18(26)22-14-5-3-13(4-6-14)17-23-15(12-16(20)24-17)19(7-8-19)29(27,28)11-10-25/h3-6,12,25H,2,7-11H2,1H3,(H2,20,23,24)(H2,21,22,26). The molecule has 156 valence electrons. The number of nitrogens with one attached hydrogen (secondary N) is 2. The molecule has 1 aromatic carbocycles. The lowest BCUT2D eigenvalue weighted by atomic mass is 10.1. The Bertz CT molecular complexity index is 988. The van der Waals surface area contributed by atoms with Crippen molar-refractivity contribution in [2.75, 3.05) is 30.0 Å². The van der Waals surface area contributed by atoms with Crippen LogP contribution in [0.1, 0.15) is 31.9 Å². The zero-order valence-corrected chi connectivity index (χ0v) is 17.0. The summed E-state index contributed by atoms with van der Waals surface area (Å²) in [5.41, 5.74) is 7.53. The van der Waals surface area contributed by atoms with E-state index in [1.165, 1.54) is 6.07 Å². The number of aliphatic hydroxyl groups is 1. The molecule has 0 atom stereocenters. The third kappa shape index (κ3) is 4.48. The van der Waals surface area contributed by atoms with E-state index in [4.69, 9.17) is 10.8 Å². The van der Waals surface area contributed by atoms with Gasteiger partial charge in [0, 0.05) is 23.9 Å². The van der Waals surface area contributed by atoms with Gasteiger partial charge in [-0.15, -0.1) is 0 Å². The normalized spacial score (nSPS) is 15.0. The Kier molecular flexibility index (Phi) is 6.04. The third-order valence-electron chi connectivity index (χ3n) is 4.81. The molecule has 29 heavy (non-hydrogen) atoms. The van der Waals surface area contributed by atoms with Gasteiger partial charge in [0.25, 0.3) is 0 Å². The number of nitrogens with two attached hydrogens (primary N) is 1. The van der Waals surface area contributed by atoms with Gasteiger partial charge in [0.15, 0.2) is 15.7 Å². The number of hydrogen-bond acceptors (Lipinski definition) is 7. The number of nitrogen functional groups attached to an aromatic ring is 1. The average Bonchev–Trinajstić information content (AvgIpc) is 3.49. The lowest BCUT2D eigenvalue weighted by molar-refractivity contribution is 0.252. The van der Waals surface area contributed by atoms with Gasteiger partial charge in [-0.3, -0.25) is 0 Å². The molecule has 2 amide bonds. The minimum atomic E-state index is -3.55. The van der Waals surface area contributed by atoms with Crippen LogP contribution in [0, 0.1) is 0 Å². The molecule has 1 fully saturated rings. The van der Waals surface area contributed by atoms with Crippen LogP contribution < -0.4 is 16.4 Å². The first kappa shape index (κ1) is 21.0. The maximum atomic E-state index is 12.6. The van der Waals surface area contributed by atoms with Crippen LogP contribution >= 0.6 is 0 Å². The van der Waals surface area contributed by atoms with E-state index in [-0.39, 0.29) is 17.6 Å². The molecule has 10 heteroatoms. The second-order valence-electron chi connectivity index (χ2n) is 7.00. The molecule has 3 rings (SSSR count). The number of aliphatic hydroxyl groups excluding tert-OH is 1. The van der Waals surface area contributed by atoms with E-state index in [2.05, 4.69) is 20.6 Å². The van der Waals surface area contributed by atoms with Crippen LogP contribution in [-0.2, 0) is 14.6 Å². The van der Waals surface area contributed by atoms with Crippen LogP contribution in [0.4, 0.5) is 16.3 Å². The molecule has 5 N–H and O–H groups in total. The molecule has 0 saturated heterocycles. The molecule has 0 unspecified atom stereocenters. The second-order valence-corrected chi connectivity index (χ2v) is 9.42. The van der Waals surface area contributed by atoms with Crippen LogP contribution in [-0.4, -0.2) is 48.4 Å². The number of rotatable bonds is 8. The Morgan fingerprint density at radius 1 is 1.24 bits per heavy atom. The number of amides is 2. The molecular weight excluding hydrogens is 394 g/mol. The van der Waals surface area contributed by atoms with Gasteiger partial charge in [0.05, 0.1) is 18.1 Å². The first-order valence-corrected chi connectivity index (χ1v) is 11.1. The summed E-state index contributed by atoms with van der Waals surface area (Å²) in [6.07, 6.45) is 1.74. The highest BCUT2D eigenvalue weighted by Gasteiger charge is 2.56. The number of hydrogen-bond donors (Lipinski definition) is 4. The Balaban J connectivity index is 1.85. The summed E-state index contributed by atoms with van der Waals surface area (Å²) in [7, 11) is -3.55. The second kappa shape index (κ2) is 8.34. The minimum Gasteiger partial charge on any atom is -0.395 e. The van der Waals surface area contributed by atoms with Crippen LogP contribution in [0.5, 0.6) is 0 Å². The molecular formula is C19H25N5O4S. The number of urea groups is 1. The van der Waals surface area contributed by atoms with E-state index in [0.717, 1.165) is 6.42 Å². The van der Waals surface area contributed by atoms with Gasteiger partial charge in [-0.2, -0.15) is 0 Å². The van der Waals surface area contributed by atoms with Gasteiger partial charge in [0.1, 0.15) is 10.6 Å². The predicted molar refractivity (Wildman–Crippen MR) is 111 cm³/mol. The van der Waals surface area contributed by atoms with Crippen molar-refractivity contribution in [1.29, 1.82) is 0 Å². The average molecular weight is 420 g/mol. The summed E-state index contributed by atoms with van der Waals surface area (Å²) in [6, 6.07) is 8.09. The number of benzene rings is 1.